The highest BCUT2D eigenvalue weighted by Crippen LogP contribution is 2.25. The number of fused-ring (bicyclic) bond motifs is 1. The summed E-state index contributed by atoms with van der Waals surface area (Å²) >= 11 is 0. The van der Waals surface area contributed by atoms with Crippen LogP contribution in [0.15, 0.2) is 48.5 Å². The molecule has 3 aromatic rings. The smallest absolute Gasteiger partial charge is 0.335 e. The van der Waals surface area contributed by atoms with Crippen LogP contribution in [0.3, 0.4) is 0 Å². The number of aldehydes is 1. The molecule has 1 aromatic heterocycles. The third kappa shape index (κ3) is 2.29. The summed E-state index contributed by atoms with van der Waals surface area (Å²) in [6.45, 7) is 2.52. The minimum absolute atomic E-state index is 0.270. The van der Waals surface area contributed by atoms with Crippen LogP contribution in [0.4, 0.5) is 0 Å². The lowest BCUT2D eigenvalue weighted by molar-refractivity contribution is 0.0696. The van der Waals surface area contributed by atoms with Crippen LogP contribution in [0.25, 0.3) is 10.9 Å². The zero-order chi connectivity index (χ0) is 15.7. The molecule has 0 aliphatic rings. The van der Waals surface area contributed by atoms with E-state index in [-0.39, 0.29) is 5.56 Å². The van der Waals surface area contributed by atoms with Gasteiger partial charge in [-0.15, -0.1) is 0 Å². The Morgan fingerprint density at radius 2 is 1.82 bits per heavy atom. The van der Waals surface area contributed by atoms with Crippen molar-refractivity contribution in [2.45, 2.75) is 13.5 Å². The molecule has 0 amide bonds. The molecule has 0 bridgehead atoms. The Kier molecular flexibility index (Phi) is 3.51. The van der Waals surface area contributed by atoms with Gasteiger partial charge < -0.3 is 9.67 Å². The first kappa shape index (κ1) is 14.1. The monoisotopic (exact) mass is 293 g/mol. The highest BCUT2D eigenvalue weighted by atomic mass is 16.4. The van der Waals surface area contributed by atoms with Crippen LogP contribution in [0.1, 0.15) is 32.0 Å². The molecule has 0 radical (unpaired) electrons. The molecule has 4 nitrogen and oxygen atoms in total. The van der Waals surface area contributed by atoms with Crippen LogP contribution in [0, 0.1) is 6.92 Å². The molecular formula is C18H15NO3. The van der Waals surface area contributed by atoms with Gasteiger partial charge in [0.2, 0.25) is 0 Å². The van der Waals surface area contributed by atoms with E-state index in [1.54, 1.807) is 24.3 Å². The van der Waals surface area contributed by atoms with Gasteiger partial charge in [-0.3, -0.25) is 4.79 Å². The summed E-state index contributed by atoms with van der Waals surface area (Å²) in [7, 11) is 0. The molecule has 0 fully saturated rings. The number of benzene rings is 2. The van der Waals surface area contributed by atoms with Crippen molar-refractivity contribution in [3.8, 4) is 0 Å². The van der Waals surface area contributed by atoms with E-state index >= 15 is 0 Å². The maximum Gasteiger partial charge on any atom is 0.335 e. The lowest BCUT2D eigenvalue weighted by Gasteiger charge is -2.09. The van der Waals surface area contributed by atoms with Crippen molar-refractivity contribution in [3.63, 3.8) is 0 Å². The number of carbonyl (C=O) groups is 2. The topological polar surface area (TPSA) is 59.3 Å². The molecule has 2 aromatic carbocycles. The van der Waals surface area contributed by atoms with Crippen molar-refractivity contribution in [1.29, 1.82) is 0 Å². The van der Waals surface area contributed by atoms with E-state index in [9.17, 15) is 9.59 Å². The summed E-state index contributed by atoms with van der Waals surface area (Å²) in [4.78, 5) is 22.2. The van der Waals surface area contributed by atoms with Crippen molar-refractivity contribution < 1.29 is 14.7 Å². The van der Waals surface area contributed by atoms with Crippen molar-refractivity contribution in [2.75, 3.05) is 0 Å². The van der Waals surface area contributed by atoms with Gasteiger partial charge in [0.15, 0.2) is 6.29 Å². The van der Waals surface area contributed by atoms with E-state index in [0.29, 0.717) is 12.1 Å². The van der Waals surface area contributed by atoms with Crippen molar-refractivity contribution >= 4 is 23.2 Å². The third-order valence-electron chi connectivity index (χ3n) is 3.94. The minimum Gasteiger partial charge on any atom is -0.478 e. The predicted octanol–water partition coefficient (Wildman–Crippen LogP) is 3.51. The first-order valence-corrected chi connectivity index (χ1v) is 6.97. The summed E-state index contributed by atoms with van der Waals surface area (Å²) in [5.74, 6) is -0.933. The average Bonchev–Trinajstić information content (AvgIpc) is 2.80. The first-order chi connectivity index (χ1) is 10.6. The van der Waals surface area contributed by atoms with E-state index in [0.717, 1.165) is 28.4 Å². The molecule has 0 unspecified atom stereocenters. The molecule has 0 aliphatic carbocycles. The normalized spacial score (nSPS) is 10.8. The lowest BCUT2D eigenvalue weighted by Crippen LogP contribution is -2.03. The first-order valence-electron chi connectivity index (χ1n) is 6.97. The highest BCUT2D eigenvalue weighted by molar-refractivity contribution is 5.99. The fourth-order valence-electron chi connectivity index (χ4n) is 2.75. The molecule has 1 heterocycles. The number of aromatic nitrogens is 1. The molecule has 0 saturated heterocycles. The summed E-state index contributed by atoms with van der Waals surface area (Å²) in [5, 5.41) is 9.88. The number of nitrogens with zero attached hydrogens (tertiary/aromatic N) is 1. The maximum atomic E-state index is 11.3. The number of para-hydroxylation sites is 1. The fourth-order valence-corrected chi connectivity index (χ4v) is 2.75. The van der Waals surface area contributed by atoms with Gasteiger partial charge in [-0.05, 0) is 30.7 Å². The standard InChI is InChI=1S/C18H15NO3/c1-12-16(11-20)15-4-2-3-5-17(15)19(12)10-13-6-8-14(9-7-13)18(21)22/h2-9,11H,10H2,1H3,(H,21,22). The van der Waals surface area contributed by atoms with Gasteiger partial charge in [0.25, 0.3) is 0 Å². The molecule has 0 aliphatic heterocycles. The molecule has 1 N–H and O–H groups in total. The van der Waals surface area contributed by atoms with Gasteiger partial charge in [-0.1, -0.05) is 30.3 Å². The lowest BCUT2D eigenvalue weighted by atomic mass is 10.1. The molecule has 0 saturated carbocycles. The summed E-state index contributed by atoms with van der Waals surface area (Å²) in [6, 6.07) is 14.6. The zero-order valence-corrected chi connectivity index (χ0v) is 12.1. The second-order valence-corrected chi connectivity index (χ2v) is 5.22. The van der Waals surface area contributed by atoms with Crippen LogP contribution >= 0.6 is 0 Å². The molecule has 0 atom stereocenters. The van der Waals surface area contributed by atoms with Crippen LogP contribution in [-0.2, 0) is 6.54 Å². The van der Waals surface area contributed by atoms with Gasteiger partial charge in [0.1, 0.15) is 0 Å². The number of carboxylic acids is 1. The van der Waals surface area contributed by atoms with Gasteiger partial charge in [-0.2, -0.15) is 0 Å². The number of aromatic carboxylic acids is 1. The predicted molar refractivity (Wildman–Crippen MR) is 84.6 cm³/mol. The van der Waals surface area contributed by atoms with Crippen LogP contribution in [0.2, 0.25) is 0 Å². The Morgan fingerprint density at radius 3 is 2.45 bits per heavy atom. The van der Waals surface area contributed by atoms with E-state index in [2.05, 4.69) is 4.57 Å². The number of hydrogen-bond donors (Lipinski definition) is 1. The molecule has 110 valence electrons. The van der Waals surface area contributed by atoms with E-state index in [4.69, 9.17) is 5.11 Å². The maximum absolute atomic E-state index is 11.3. The third-order valence-corrected chi connectivity index (χ3v) is 3.94. The summed E-state index contributed by atoms with van der Waals surface area (Å²) < 4.78 is 2.08. The van der Waals surface area contributed by atoms with Crippen molar-refractivity contribution in [1.82, 2.24) is 4.57 Å². The fraction of sp³-hybridized carbons (Fsp3) is 0.111. The molecule has 4 heteroatoms. The SMILES string of the molecule is Cc1c(C=O)c2ccccc2n1Cc1ccc(C(=O)O)cc1. The summed E-state index contributed by atoms with van der Waals surface area (Å²) in [5.41, 5.74) is 3.89. The van der Waals surface area contributed by atoms with E-state index in [1.807, 2.05) is 31.2 Å². The second kappa shape index (κ2) is 5.48. The highest BCUT2D eigenvalue weighted by Gasteiger charge is 2.13. The second-order valence-electron chi connectivity index (χ2n) is 5.22. The molecular weight excluding hydrogens is 278 g/mol. The van der Waals surface area contributed by atoms with Gasteiger partial charge in [-0.25, -0.2) is 4.79 Å². The largest absolute Gasteiger partial charge is 0.478 e. The summed E-state index contributed by atoms with van der Waals surface area (Å²) in [6.07, 6.45) is 0.891. The molecule has 0 spiro atoms. The minimum atomic E-state index is -0.933. The Balaban J connectivity index is 2.05. The van der Waals surface area contributed by atoms with Crippen LogP contribution in [-0.4, -0.2) is 21.9 Å². The molecule has 22 heavy (non-hydrogen) atoms. The number of rotatable bonds is 4. The number of carbonyl (C=O) groups excluding carboxylic acids is 1. The Labute approximate surface area is 127 Å². The van der Waals surface area contributed by atoms with E-state index in [1.165, 1.54) is 0 Å². The zero-order valence-electron chi connectivity index (χ0n) is 12.1. The van der Waals surface area contributed by atoms with Crippen LogP contribution < -0.4 is 0 Å². The Morgan fingerprint density at radius 1 is 1.14 bits per heavy atom. The molecule has 3 rings (SSSR count). The van der Waals surface area contributed by atoms with Crippen molar-refractivity contribution in [2.24, 2.45) is 0 Å². The van der Waals surface area contributed by atoms with Gasteiger partial charge in [0.05, 0.1) is 5.56 Å². The quantitative estimate of drug-likeness (QED) is 0.749. The Bertz CT molecular complexity index is 860. The average molecular weight is 293 g/mol. The van der Waals surface area contributed by atoms with Gasteiger partial charge >= 0.3 is 5.97 Å². The number of carboxylic acid groups (broad SMARTS) is 1. The van der Waals surface area contributed by atoms with Gasteiger partial charge in [0, 0.05) is 28.7 Å². The van der Waals surface area contributed by atoms with Crippen molar-refractivity contribution in [3.05, 3.63) is 70.9 Å². The number of hydrogen-bond acceptors (Lipinski definition) is 2. The Hall–Kier alpha value is -2.88. The van der Waals surface area contributed by atoms with Crippen LogP contribution in [0.5, 0.6) is 0 Å². The van der Waals surface area contributed by atoms with E-state index < -0.39 is 5.97 Å².